The summed E-state index contributed by atoms with van der Waals surface area (Å²) < 4.78 is 20.5. The third kappa shape index (κ3) is 2.60. The molecule has 3 aromatic heterocycles. The van der Waals surface area contributed by atoms with Gasteiger partial charge in [-0.25, -0.2) is 18.9 Å². The molecule has 24 heavy (non-hydrogen) atoms. The number of anilines is 1. The molecular formula is C17H14FN5O. The van der Waals surface area contributed by atoms with Crippen molar-refractivity contribution in [1.82, 2.24) is 19.6 Å². The van der Waals surface area contributed by atoms with E-state index in [1.165, 1.54) is 18.5 Å². The standard InChI is InChI=1S/C17H14FN5O/c1-11(22-16-14-3-2-8-23(14)21-10-20-16)17-19-9-15(24-17)12-4-6-13(18)7-5-12/h2-11H,1H3,(H,20,21,22). The lowest BCUT2D eigenvalue weighted by Crippen LogP contribution is -2.09. The van der Waals surface area contributed by atoms with Crippen LogP contribution in [0.3, 0.4) is 0 Å². The number of nitrogens with zero attached hydrogens (tertiary/aromatic N) is 4. The van der Waals surface area contributed by atoms with E-state index in [1.807, 2.05) is 25.3 Å². The maximum Gasteiger partial charge on any atom is 0.217 e. The van der Waals surface area contributed by atoms with E-state index in [0.29, 0.717) is 17.5 Å². The molecule has 1 unspecified atom stereocenters. The van der Waals surface area contributed by atoms with Crippen molar-refractivity contribution in [2.24, 2.45) is 0 Å². The Bertz CT molecular complexity index is 976. The van der Waals surface area contributed by atoms with E-state index in [0.717, 1.165) is 11.1 Å². The topological polar surface area (TPSA) is 68.2 Å². The number of hydrogen-bond acceptors (Lipinski definition) is 5. The second-order valence-corrected chi connectivity index (χ2v) is 5.38. The van der Waals surface area contributed by atoms with Crippen molar-refractivity contribution in [3.05, 3.63) is 66.8 Å². The van der Waals surface area contributed by atoms with Crippen LogP contribution in [0, 0.1) is 5.82 Å². The van der Waals surface area contributed by atoms with Crippen LogP contribution >= 0.6 is 0 Å². The van der Waals surface area contributed by atoms with Crippen molar-refractivity contribution in [3.8, 4) is 11.3 Å². The first kappa shape index (κ1) is 14.4. The number of fused-ring (bicyclic) bond motifs is 1. The molecule has 4 rings (SSSR count). The third-order valence-corrected chi connectivity index (χ3v) is 3.71. The molecule has 0 saturated carbocycles. The normalized spacial score (nSPS) is 12.4. The first-order chi connectivity index (χ1) is 11.7. The lowest BCUT2D eigenvalue weighted by atomic mass is 10.2. The van der Waals surface area contributed by atoms with Crippen molar-refractivity contribution >= 4 is 11.3 Å². The summed E-state index contributed by atoms with van der Waals surface area (Å²) in [4.78, 5) is 8.57. The van der Waals surface area contributed by atoms with Crippen molar-refractivity contribution in [3.63, 3.8) is 0 Å². The van der Waals surface area contributed by atoms with Gasteiger partial charge >= 0.3 is 0 Å². The van der Waals surface area contributed by atoms with Crippen LogP contribution in [0.4, 0.5) is 10.2 Å². The summed E-state index contributed by atoms with van der Waals surface area (Å²) in [5.74, 6) is 1.53. The minimum atomic E-state index is -0.284. The Balaban J connectivity index is 1.58. The molecule has 0 aliphatic carbocycles. The molecular weight excluding hydrogens is 309 g/mol. The molecule has 7 heteroatoms. The molecule has 0 saturated heterocycles. The van der Waals surface area contributed by atoms with Crippen LogP contribution in [-0.4, -0.2) is 19.6 Å². The maximum absolute atomic E-state index is 13.0. The quantitative estimate of drug-likeness (QED) is 0.620. The average Bonchev–Trinajstić information content (AvgIpc) is 3.25. The number of nitrogens with one attached hydrogen (secondary N) is 1. The zero-order valence-electron chi connectivity index (χ0n) is 12.8. The lowest BCUT2D eigenvalue weighted by Gasteiger charge is -2.11. The van der Waals surface area contributed by atoms with Crippen molar-refractivity contribution in [2.75, 3.05) is 5.32 Å². The first-order valence-electron chi connectivity index (χ1n) is 7.47. The molecule has 0 aliphatic heterocycles. The van der Waals surface area contributed by atoms with Crippen LogP contribution in [0.25, 0.3) is 16.8 Å². The molecule has 0 fully saturated rings. The summed E-state index contributed by atoms with van der Waals surface area (Å²) in [7, 11) is 0. The molecule has 6 nitrogen and oxygen atoms in total. The Kier molecular flexibility index (Phi) is 3.45. The minimum absolute atomic E-state index is 0.187. The molecule has 1 atom stereocenters. The fourth-order valence-electron chi connectivity index (χ4n) is 2.48. The van der Waals surface area contributed by atoms with Crippen LogP contribution in [0.1, 0.15) is 18.9 Å². The van der Waals surface area contributed by atoms with Gasteiger partial charge in [-0.3, -0.25) is 0 Å². The second-order valence-electron chi connectivity index (χ2n) is 5.38. The van der Waals surface area contributed by atoms with E-state index < -0.39 is 0 Å². The first-order valence-corrected chi connectivity index (χ1v) is 7.47. The van der Waals surface area contributed by atoms with Gasteiger partial charge in [-0.1, -0.05) is 0 Å². The summed E-state index contributed by atoms with van der Waals surface area (Å²) in [5.41, 5.74) is 1.65. The van der Waals surface area contributed by atoms with Crippen molar-refractivity contribution in [1.29, 1.82) is 0 Å². The van der Waals surface area contributed by atoms with Crippen molar-refractivity contribution in [2.45, 2.75) is 13.0 Å². The molecule has 0 aliphatic rings. The zero-order valence-corrected chi connectivity index (χ0v) is 12.8. The number of hydrogen-bond donors (Lipinski definition) is 1. The molecule has 1 N–H and O–H groups in total. The van der Waals surface area contributed by atoms with E-state index in [-0.39, 0.29) is 11.9 Å². The number of benzene rings is 1. The number of aromatic nitrogens is 4. The van der Waals surface area contributed by atoms with E-state index in [9.17, 15) is 4.39 Å². The van der Waals surface area contributed by atoms with E-state index in [1.54, 1.807) is 22.8 Å². The lowest BCUT2D eigenvalue weighted by molar-refractivity contribution is 0.485. The monoisotopic (exact) mass is 323 g/mol. The average molecular weight is 323 g/mol. The van der Waals surface area contributed by atoms with E-state index >= 15 is 0 Å². The second kappa shape index (κ2) is 5.77. The summed E-state index contributed by atoms with van der Waals surface area (Å²) in [6, 6.07) is 9.74. The van der Waals surface area contributed by atoms with Gasteiger partial charge in [0.25, 0.3) is 0 Å². The van der Waals surface area contributed by atoms with Gasteiger partial charge in [-0.2, -0.15) is 5.10 Å². The predicted molar refractivity (Wildman–Crippen MR) is 86.9 cm³/mol. The van der Waals surface area contributed by atoms with Crippen LogP contribution in [0.5, 0.6) is 0 Å². The highest BCUT2D eigenvalue weighted by Crippen LogP contribution is 2.25. The van der Waals surface area contributed by atoms with Crippen LogP contribution in [-0.2, 0) is 0 Å². The Morgan fingerprint density at radius 1 is 1.17 bits per heavy atom. The Morgan fingerprint density at radius 2 is 2.00 bits per heavy atom. The Morgan fingerprint density at radius 3 is 2.83 bits per heavy atom. The SMILES string of the molecule is CC(Nc1ncnn2cccc12)c1ncc(-c2ccc(F)cc2)o1. The number of halogens is 1. The fraction of sp³-hybridized carbons (Fsp3) is 0.118. The van der Waals surface area contributed by atoms with Crippen LogP contribution in [0.15, 0.2) is 59.5 Å². The number of oxazole rings is 1. The zero-order chi connectivity index (χ0) is 16.5. The maximum atomic E-state index is 13.0. The molecule has 0 radical (unpaired) electrons. The fourth-order valence-corrected chi connectivity index (χ4v) is 2.48. The third-order valence-electron chi connectivity index (χ3n) is 3.71. The highest BCUT2D eigenvalue weighted by atomic mass is 19.1. The van der Waals surface area contributed by atoms with Gasteiger partial charge in [-0.15, -0.1) is 0 Å². The highest BCUT2D eigenvalue weighted by Gasteiger charge is 2.15. The summed E-state index contributed by atoms with van der Waals surface area (Å²) >= 11 is 0. The largest absolute Gasteiger partial charge is 0.438 e. The van der Waals surface area contributed by atoms with Gasteiger partial charge in [0.15, 0.2) is 11.6 Å². The van der Waals surface area contributed by atoms with Gasteiger partial charge < -0.3 is 9.73 Å². The predicted octanol–water partition coefficient (Wildman–Crippen LogP) is 3.70. The molecule has 0 bridgehead atoms. The minimum Gasteiger partial charge on any atom is -0.438 e. The number of rotatable bonds is 4. The summed E-state index contributed by atoms with van der Waals surface area (Å²) in [6.07, 6.45) is 4.97. The van der Waals surface area contributed by atoms with Gasteiger partial charge in [0, 0.05) is 11.8 Å². The van der Waals surface area contributed by atoms with E-state index in [2.05, 4.69) is 20.4 Å². The molecule has 1 aromatic carbocycles. The van der Waals surface area contributed by atoms with Crippen LogP contribution in [0.2, 0.25) is 0 Å². The van der Waals surface area contributed by atoms with Gasteiger partial charge in [0.1, 0.15) is 23.7 Å². The van der Waals surface area contributed by atoms with Gasteiger partial charge in [0.2, 0.25) is 5.89 Å². The van der Waals surface area contributed by atoms with Gasteiger partial charge in [-0.05, 0) is 43.3 Å². The Hall–Kier alpha value is -3.22. The molecule has 4 aromatic rings. The van der Waals surface area contributed by atoms with Crippen molar-refractivity contribution < 1.29 is 8.81 Å². The summed E-state index contributed by atoms with van der Waals surface area (Å²) in [5, 5.41) is 7.40. The molecule has 120 valence electrons. The van der Waals surface area contributed by atoms with E-state index in [4.69, 9.17) is 4.42 Å². The Labute approximate surface area is 137 Å². The molecule has 0 spiro atoms. The highest BCUT2D eigenvalue weighted by molar-refractivity contribution is 5.67. The van der Waals surface area contributed by atoms with Gasteiger partial charge in [0.05, 0.1) is 6.20 Å². The molecule has 3 heterocycles. The molecule has 0 amide bonds. The van der Waals surface area contributed by atoms with Crippen LogP contribution < -0.4 is 5.32 Å². The smallest absolute Gasteiger partial charge is 0.217 e. The summed E-state index contributed by atoms with van der Waals surface area (Å²) in [6.45, 7) is 1.93.